The van der Waals surface area contributed by atoms with Gasteiger partial charge < -0.3 is 15.0 Å². The molecule has 1 aliphatic carbocycles. The lowest BCUT2D eigenvalue weighted by Crippen LogP contribution is -2.32. The van der Waals surface area contributed by atoms with Crippen LogP contribution in [0.1, 0.15) is 29.8 Å². The van der Waals surface area contributed by atoms with Crippen LogP contribution < -0.4 is 5.32 Å². The highest BCUT2D eigenvalue weighted by Crippen LogP contribution is 2.31. The summed E-state index contributed by atoms with van der Waals surface area (Å²) in [6, 6.07) is 1.57. The van der Waals surface area contributed by atoms with Crippen molar-refractivity contribution >= 4 is 29.1 Å². The highest BCUT2D eigenvalue weighted by atomic mass is 35.5. The van der Waals surface area contributed by atoms with Crippen molar-refractivity contribution in [3.63, 3.8) is 0 Å². The number of aliphatic hydroxyl groups is 1. The summed E-state index contributed by atoms with van der Waals surface area (Å²) in [4.78, 5) is 12.1. The molecule has 0 saturated heterocycles. The van der Waals surface area contributed by atoms with Crippen LogP contribution in [-0.2, 0) is 7.05 Å². The first-order chi connectivity index (χ1) is 9.04. The number of aliphatic hydroxyl groups excluding tert-OH is 1. The molecule has 6 heteroatoms. The van der Waals surface area contributed by atoms with Crippen LogP contribution in [0.3, 0.4) is 0 Å². The van der Waals surface area contributed by atoms with E-state index >= 15 is 0 Å². The summed E-state index contributed by atoms with van der Waals surface area (Å²) in [7, 11) is 1.70. The zero-order valence-corrected chi connectivity index (χ0v) is 12.3. The Labute approximate surface area is 122 Å². The standard InChI is InChI=1S/C13H18Cl2N2O2/c1-17-11(5-10(14)12(17)15)13(19)16-6-8-3-2-4-9(8)7-18/h5,8-9,18H,2-4,6-7H2,1H3,(H,16,19). The summed E-state index contributed by atoms with van der Waals surface area (Å²) in [6.07, 6.45) is 3.21. The average molecular weight is 305 g/mol. The Kier molecular flexibility index (Phi) is 4.76. The number of halogens is 2. The van der Waals surface area contributed by atoms with Gasteiger partial charge in [-0.2, -0.15) is 0 Å². The molecular formula is C13H18Cl2N2O2. The minimum atomic E-state index is -0.181. The molecule has 0 aromatic carbocycles. The Bertz CT molecular complexity index is 473. The monoisotopic (exact) mass is 304 g/mol. The molecule has 1 aromatic rings. The summed E-state index contributed by atoms with van der Waals surface area (Å²) in [5, 5.41) is 12.9. The van der Waals surface area contributed by atoms with E-state index in [2.05, 4.69) is 5.32 Å². The molecule has 1 saturated carbocycles. The predicted molar refractivity (Wildman–Crippen MR) is 75.7 cm³/mol. The maximum Gasteiger partial charge on any atom is 0.268 e. The van der Waals surface area contributed by atoms with Gasteiger partial charge in [-0.25, -0.2) is 0 Å². The van der Waals surface area contributed by atoms with Crippen LogP contribution in [0.2, 0.25) is 10.2 Å². The molecule has 0 radical (unpaired) electrons. The average Bonchev–Trinajstić information content (AvgIpc) is 2.96. The number of nitrogens with zero attached hydrogens (tertiary/aromatic N) is 1. The van der Waals surface area contributed by atoms with Gasteiger partial charge in [-0.15, -0.1) is 0 Å². The fraction of sp³-hybridized carbons (Fsp3) is 0.615. The van der Waals surface area contributed by atoms with E-state index in [0.29, 0.717) is 34.3 Å². The third-order valence-electron chi connectivity index (χ3n) is 3.92. The third kappa shape index (κ3) is 3.07. The number of carbonyl (C=O) groups excluding carboxylic acids is 1. The van der Waals surface area contributed by atoms with Crippen LogP contribution in [0.25, 0.3) is 0 Å². The second kappa shape index (κ2) is 6.16. The molecule has 0 spiro atoms. The van der Waals surface area contributed by atoms with E-state index in [0.717, 1.165) is 19.3 Å². The lowest BCUT2D eigenvalue weighted by Gasteiger charge is -2.17. The van der Waals surface area contributed by atoms with Crippen molar-refractivity contribution < 1.29 is 9.90 Å². The van der Waals surface area contributed by atoms with Gasteiger partial charge in [0.15, 0.2) is 0 Å². The van der Waals surface area contributed by atoms with Gasteiger partial charge in [0, 0.05) is 20.2 Å². The van der Waals surface area contributed by atoms with Crippen molar-refractivity contribution in [2.45, 2.75) is 19.3 Å². The summed E-state index contributed by atoms with van der Waals surface area (Å²) >= 11 is 11.8. The van der Waals surface area contributed by atoms with Crippen LogP contribution in [0.15, 0.2) is 6.07 Å². The minimum Gasteiger partial charge on any atom is -0.396 e. The van der Waals surface area contributed by atoms with Gasteiger partial charge in [-0.05, 0) is 30.7 Å². The summed E-state index contributed by atoms with van der Waals surface area (Å²) in [6.45, 7) is 0.785. The molecule has 0 bridgehead atoms. The molecule has 2 N–H and O–H groups in total. The Balaban J connectivity index is 1.96. The van der Waals surface area contributed by atoms with Crippen molar-refractivity contribution in [1.29, 1.82) is 0 Å². The van der Waals surface area contributed by atoms with E-state index in [1.54, 1.807) is 17.7 Å². The Morgan fingerprint density at radius 3 is 2.74 bits per heavy atom. The van der Waals surface area contributed by atoms with Crippen molar-refractivity contribution in [2.24, 2.45) is 18.9 Å². The van der Waals surface area contributed by atoms with Gasteiger partial charge in [-0.1, -0.05) is 29.6 Å². The highest BCUT2D eigenvalue weighted by molar-refractivity contribution is 6.41. The van der Waals surface area contributed by atoms with Crippen LogP contribution >= 0.6 is 23.2 Å². The Hall–Kier alpha value is -0.710. The fourth-order valence-electron chi connectivity index (χ4n) is 2.70. The lowest BCUT2D eigenvalue weighted by molar-refractivity contribution is 0.0929. The van der Waals surface area contributed by atoms with Crippen molar-refractivity contribution in [3.05, 3.63) is 21.9 Å². The van der Waals surface area contributed by atoms with Gasteiger partial charge in [0.1, 0.15) is 10.8 Å². The highest BCUT2D eigenvalue weighted by Gasteiger charge is 2.27. The molecule has 1 fully saturated rings. The van der Waals surface area contributed by atoms with Gasteiger partial charge in [0.2, 0.25) is 0 Å². The minimum absolute atomic E-state index is 0.181. The van der Waals surface area contributed by atoms with E-state index in [1.807, 2.05) is 0 Å². The SMILES string of the molecule is Cn1c(C(=O)NCC2CCCC2CO)cc(Cl)c1Cl. The fourth-order valence-corrected chi connectivity index (χ4v) is 3.07. The summed E-state index contributed by atoms with van der Waals surface area (Å²) < 4.78 is 1.57. The van der Waals surface area contributed by atoms with Crippen LogP contribution in [0.5, 0.6) is 0 Å². The third-order valence-corrected chi connectivity index (χ3v) is 4.77. The number of amides is 1. The van der Waals surface area contributed by atoms with Crippen molar-refractivity contribution in [1.82, 2.24) is 9.88 Å². The van der Waals surface area contributed by atoms with Gasteiger partial charge in [-0.3, -0.25) is 4.79 Å². The molecule has 1 amide bonds. The number of hydrogen-bond acceptors (Lipinski definition) is 2. The second-order valence-corrected chi connectivity index (χ2v) is 5.84. The first-order valence-electron chi connectivity index (χ1n) is 6.44. The van der Waals surface area contributed by atoms with E-state index in [1.165, 1.54) is 0 Å². The molecule has 19 heavy (non-hydrogen) atoms. The lowest BCUT2D eigenvalue weighted by atomic mass is 9.97. The molecule has 2 unspecified atom stereocenters. The first kappa shape index (κ1) is 14.7. The molecule has 4 nitrogen and oxygen atoms in total. The van der Waals surface area contributed by atoms with Crippen molar-refractivity contribution in [3.8, 4) is 0 Å². The van der Waals surface area contributed by atoms with Crippen LogP contribution in [0, 0.1) is 11.8 Å². The van der Waals surface area contributed by atoms with Crippen LogP contribution in [-0.4, -0.2) is 28.7 Å². The van der Waals surface area contributed by atoms with E-state index in [-0.39, 0.29) is 12.5 Å². The molecule has 1 aromatic heterocycles. The maximum atomic E-state index is 12.1. The van der Waals surface area contributed by atoms with E-state index in [9.17, 15) is 9.90 Å². The largest absolute Gasteiger partial charge is 0.396 e. The van der Waals surface area contributed by atoms with Gasteiger partial charge in [0.25, 0.3) is 5.91 Å². The summed E-state index contributed by atoms with van der Waals surface area (Å²) in [5.74, 6) is 0.487. The number of hydrogen-bond donors (Lipinski definition) is 2. The second-order valence-electron chi connectivity index (χ2n) is 5.07. The Morgan fingerprint density at radius 1 is 1.47 bits per heavy atom. The summed E-state index contributed by atoms with van der Waals surface area (Å²) in [5.41, 5.74) is 0.452. The van der Waals surface area contributed by atoms with E-state index in [4.69, 9.17) is 23.2 Å². The quantitative estimate of drug-likeness (QED) is 0.898. The maximum absolute atomic E-state index is 12.1. The molecule has 2 atom stereocenters. The smallest absolute Gasteiger partial charge is 0.268 e. The molecule has 106 valence electrons. The van der Waals surface area contributed by atoms with Gasteiger partial charge >= 0.3 is 0 Å². The van der Waals surface area contributed by atoms with Crippen molar-refractivity contribution in [2.75, 3.05) is 13.2 Å². The van der Waals surface area contributed by atoms with Gasteiger partial charge in [0.05, 0.1) is 5.02 Å². The molecule has 2 rings (SSSR count). The van der Waals surface area contributed by atoms with E-state index < -0.39 is 0 Å². The normalized spacial score (nSPS) is 22.7. The zero-order chi connectivity index (χ0) is 14.0. The molecular weight excluding hydrogens is 287 g/mol. The number of rotatable bonds is 4. The van der Waals surface area contributed by atoms with Crippen LogP contribution in [0.4, 0.5) is 0 Å². The zero-order valence-electron chi connectivity index (χ0n) is 10.8. The predicted octanol–water partition coefficient (Wildman–Crippen LogP) is 2.47. The number of carbonyl (C=O) groups is 1. The number of aromatic nitrogens is 1. The Morgan fingerprint density at radius 2 is 2.16 bits per heavy atom. The number of nitrogens with one attached hydrogen (secondary N) is 1. The molecule has 0 aliphatic heterocycles. The first-order valence-corrected chi connectivity index (χ1v) is 7.20. The molecule has 1 aliphatic rings. The topological polar surface area (TPSA) is 54.3 Å². The molecule has 1 heterocycles.